The molecule has 0 fully saturated rings. The zero-order valence-electron chi connectivity index (χ0n) is 16.9. The van der Waals surface area contributed by atoms with Gasteiger partial charge in [-0.25, -0.2) is 0 Å². The number of anilines is 2. The van der Waals surface area contributed by atoms with Gasteiger partial charge in [-0.15, -0.1) is 0 Å². The molecule has 0 radical (unpaired) electrons. The summed E-state index contributed by atoms with van der Waals surface area (Å²) in [7, 11) is 0. The van der Waals surface area contributed by atoms with Crippen LogP contribution in [0.4, 0.5) is 11.4 Å². The molecule has 2 aromatic rings. The van der Waals surface area contributed by atoms with Crippen molar-refractivity contribution >= 4 is 35.5 Å². The van der Waals surface area contributed by atoms with Gasteiger partial charge in [0.25, 0.3) is 5.91 Å². The van der Waals surface area contributed by atoms with Crippen LogP contribution in [-0.2, 0) is 19.1 Å². The fraction of sp³-hybridized carbons (Fsp3) is 0.273. The molecule has 1 N–H and O–H groups in total. The molecule has 0 heterocycles. The van der Waals surface area contributed by atoms with Crippen molar-refractivity contribution in [2.75, 3.05) is 36.5 Å². The smallest absolute Gasteiger partial charge is 0.302 e. The van der Waals surface area contributed by atoms with E-state index in [0.717, 1.165) is 0 Å². The minimum absolute atomic E-state index is 0.135. The summed E-state index contributed by atoms with van der Waals surface area (Å²) in [6.45, 7) is 3.59. The van der Waals surface area contributed by atoms with Crippen molar-refractivity contribution < 1.29 is 28.7 Å². The van der Waals surface area contributed by atoms with Gasteiger partial charge in [-0.2, -0.15) is 0 Å². The van der Waals surface area contributed by atoms with Crippen LogP contribution in [0.5, 0.6) is 0 Å². The molecule has 0 bridgehead atoms. The number of aldehydes is 1. The van der Waals surface area contributed by atoms with Gasteiger partial charge in [-0.3, -0.25) is 19.2 Å². The van der Waals surface area contributed by atoms with Gasteiger partial charge in [0.05, 0.1) is 18.8 Å². The highest BCUT2D eigenvalue weighted by atomic mass is 16.5. The number of hydrogen-bond donors (Lipinski definition) is 1. The first kappa shape index (κ1) is 22.6. The minimum Gasteiger partial charge on any atom is -0.464 e. The molecule has 0 aromatic heterocycles. The molecule has 0 saturated heterocycles. The zero-order valence-corrected chi connectivity index (χ0v) is 16.9. The molecule has 0 aliphatic rings. The summed E-state index contributed by atoms with van der Waals surface area (Å²) >= 11 is 0. The fourth-order valence-electron chi connectivity index (χ4n) is 2.71. The number of carbonyl (C=O) groups is 4. The molecule has 0 atom stereocenters. The van der Waals surface area contributed by atoms with Crippen LogP contribution in [-0.4, -0.2) is 50.4 Å². The number of nitrogens with one attached hydrogen (secondary N) is 1. The maximum Gasteiger partial charge on any atom is 0.302 e. The molecule has 0 aliphatic carbocycles. The predicted octanol–water partition coefficient (Wildman–Crippen LogP) is 2.68. The number of benzene rings is 2. The highest BCUT2D eigenvalue weighted by molar-refractivity contribution is 6.06. The Morgan fingerprint density at radius 1 is 0.933 bits per heavy atom. The first-order valence-electron chi connectivity index (χ1n) is 9.38. The Morgan fingerprint density at radius 2 is 1.53 bits per heavy atom. The van der Waals surface area contributed by atoms with Crippen LogP contribution >= 0.6 is 0 Å². The van der Waals surface area contributed by atoms with Crippen molar-refractivity contribution in [1.29, 1.82) is 0 Å². The van der Waals surface area contributed by atoms with Crippen LogP contribution in [0.25, 0.3) is 0 Å². The first-order chi connectivity index (χ1) is 14.4. The van der Waals surface area contributed by atoms with Crippen LogP contribution in [0.15, 0.2) is 48.5 Å². The molecule has 1 amide bonds. The van der Waals surface area contributed by atoms with Crippen LogP contribution in [0, 0.1) is 0 Å². The Morgan fingerprint density at radius 3 is 2.07 bits per heavy atom. The molecule has 8 heteroatoms. The topological polar surface area (TPSA) is 102 Å². The summed E-state index contributed by atoms with van der Waals surface area (Å²) < 4.78 is 10.0. The molecule has 30 heavy (non-hydrogen) atoms. The summed E-state index contributed by atoms with van der Waals surface area (Å²) in [5.74, 6) is -1.15. The highest BCUT2D eigenvalue weighted by Crippen LogP contribution is 2.24. The van der Waals surface area contributed by atoms with Crippen LogP contribution in [0.1, 0.15) is 34.6 Å². The van der Waals surface area contributed by atoms with Crippen molar-refractivity contribution in [1.82, 2.24) is 0 Å². The lowest BCUT2D eigenvalue weighted by Gasteiger charge is -2.25. The van der Waals surface area contributed by atoms with Crippen LogP contribution < -0.4 is 10.2 Å². The summed E-state index contributed by atoms with van der Waals surface area (Å²) in [5.41, 5.74) is 1.80. The van der Waals surface area contributed by atoms with E-state index >= 15 is 0 Å². The minimum atomic E-state index is -0.401. The van der Waals surface area contributed by atoms with Gasteiger partial charge < -0.3 is 19.7 Å². The second-order valence-corrected chi connectivity index (χ2v) is 6.38. The zero-order chi connectivity index (χ0) is 21.9. The van der Waals surface area contributed by atoms with E-state index in [4.69, 9.17) is 9.47 Å². The van der Waals surface area contributed by atoms with E-state index in [2.05, 4.69) is 5.32 Å². The molecular formula is C22H24N2O6. The normalized spacial score (nSPS) is 10.1. The van der Waals surface area contributed by atoms with Crippen molar-refractivity contribution in [3.8, 4) is 0 Å². The molecule has 8 nitrogen and oxygen atoms in total. The lowest BCUT2D eigenvalue weighted by molar-refractivity contribution is -0.141. The summed E-state index contributed by atoms with van der Waals surface area (Å²) in [4.78, 5) is 47.9. The Labute approximate surface area is 174 Å². The molecule has 158 valence electrons. The van der Waals surface area contributed by atoms with Gasteiger partial charge >= 0.3 is 11.9 Å². The largest absolute Gasteiger partial charge is 0.464 e. The Balaban J connectivity index is 2.23. The molecule has 2 rings (SSSR count). The second kappa shape index (κ2) is 11.4. The van der Waals surface area contributed by atoms with Crippen molar-refractivity contribution in [2.24, 2.45) is 0 Å². The van der Waals surface area contributed by atoms with E-state index in [9.17, 15) is 19.2 Å². The van der Waals surface area contributed by atoms with Gasteiger partial charge in [0, 0.05) is 30.7 Å². The summed E-state index contributed by atoms with van der Waals surface area (Å²) in [5, 5.41) is 2.75. The third-order valence-electron chi connectivity index (χ3n) is 4.15. The van der Waals surface area contributed by atoms with Crippen LogP contribution in [0.3, 0.4) is 0 Å². The lowest BCUT2D eigenvalue weighted by atomic mass is 10.1. The number of carbonyl (C=O) groups excluding carboxylic acids is 4. The number of amides is 1. The monoisotopic (exact) mass is 412 g/mol. The van der Waals surface area contributed by atoms with E-state index in [1.54, 1.807) is 48.5 Å². The van der Waals surface area contributed by atoms with E-state index in [-0.39, 0.29) is 19.1 Å². The van der Waals surface area contributed by atoms with E-state index in [1.807, 2.05) is 4.90 Å². The standard InChI is InChI=1S/C22H24N2O6/c1-16(26)29-12-10-24(11-13-30-17(2)27)20-9-8-19(15-25)21(14-20)23-22(28)18-6-4-3-5-7-18/h3-9,14-15H,10-13H2,1-2H3,(H,23,28). The average molecular weight is 412 g/mol. The van der Waals surface area contributed by atoms with Crippen molar-refractivity contribution in [3.63, 3.8) is 0 Å². The third kappa shape index (κ3) is 7.05. The molecular weight excluding hydrogens is 388 g/mol. The van der Waals surface area contributed by atoms with E-state index in [1.165, 1.54) is 13.8 Å². The Hall–Kier alpha value is -3.68. The third-order valence-corrected chi connectivity index (χ3v) is 4.15. The molecule has 0 spiro atoms. The van der Waals surface area contributed by atoms with Gasteiger partial charge in [0.15, 0.2) is 6.29 Å². The Kier molecular flexibility index (Phi) is 8.56. The predicted molar refractivity (Wildman–Crippen MR) is 112 cm³/mol. The van der Waals surface area contributed by atoms with Gasteiger partial charge in [0.2, 0.25) is 0 Å². The Bertz CT molecular complexity index is 878. The van der Waals surface area contributed by atoms with E-state index < -0.39 is 11.9 Å². The molecule has 0 aliphatic heterocycles. The van der Waals surface area contributed by atoms with E-state index in [0.29, 0.717) is 41.9 Å². The number of rotatable bonds is 10. The summed E-state index contributed by atoms with van der Waals surface area (Å²) in [6, 6.07) is 13.6. The molecule has 0 saturated carbocycles. The first-order valence-corrected chi connectivity index (χ1v) is 9.38. The number of nitrogens with zero attached hydrogens (tertiary/aromatic N) is 1. The molecule has 0 unspecified atom stereocenters. The maximum atomic E-state index is 12.5. The summed E-state index contributed by atoms with van der Waals surface area (Å²) in [6.07, 6.45) is 0.659. The molecule has 2 aromatic carbocycles. The fourth-order valence-corrected chi connectivity index (χ4v) is 2.71. The van der Waals surface area contributed by atoms with Gasteiger partial charge in [-0.05, 0) is 30.3 Å². The van der Waals surface area contributed by atoms with Gasteiger partial charge in [-0.1, -0.05) is 18.2 Å². The number of hydrogen-bond acceptors (Lipinski definition) is 7. The number of ether oxygens (including phenoxy) is 2. The second-order valence-electron chi connectivity index (χ2n) is 6.38. The van der Waals surface area contributed by atoms with Gasteiger partial charge in [0.1, 0.15) is 13.2 Å². The van der Waals surface area contributed by atoms with Crippen molar-refractivity contribution in [2.45, 2.75) is 13.8 Å². The average Bonchev–Trinajstić information content (AvgIpc) is 2.72. The maximum absolute atomic E-state index is 12.5. The quantitative estimate of drug-likeness (QED) is 0.473. The van der Waals surface area contributed by atoms with Crippen molar-refractivity contribution in [3.05, 3.63) is 59.7 Å². The highest BCUT2D eigenvalue weighted by Gasteiger charge is 2.14. The SMILES string of the molecule is CC(=O)OCCN(CCOC(C)=O)c1ccc(C=O)c(NC(=O)c2ccccc2)c1. The number of esters is 2. The van der Waals surface area contributed by atoms with Crippen LogP contribution in [0.2, 0.25) is 0 Å². The lowest BCUT2D eigenvalue weighted by Crippen LogP contribution is -2.32.